The van der Waals surface area contributed by atoms with E-state index < -0.39 is 0 Å². The lowest BCUT2D eigenvalue weighted by Crippen LogP contribution is -2.12. The van der Waals surface area contributed by atoms with Gasteiger partial charge < -0.3 is 10.6 Å². The van der Waals surface area contributed by atoms with Gasteiger partial charge in [-0.15, -0.1) is 0 Å². The summed E-state index contributed by atoms with van der Waals surface area (Å²) in [5.41, 5.74) is 4.78. The van der Waals surface area contributed by atoms with E-state index in [1.54, 1.807) is 0 Å². The van der Waals surface area contributed by atoms with E-state index in [9.17, 15) is 0 Å². The smallest absolute Gasteiger partial charge is 0.224 e. The van der Waals surface area contributed by atoms with Crippen molar-refractivity contribution in [3.63, 3.8) is 0 Å². The predicted molar refractivity (Wildman–Crippen MR) is 98.6 cm³/mol. The summed E-state index contributed by atoms with van der Waals surface area (Å²) >= 11 is 0. The number of rotatable bonds is 7. The van der Waals surface area contributed by atoms with Crippen LogP contribution in [0.3, 0.4) is 0 Å². The molecule has 23 heavy (non-hydrogen) atoms. The fourth-order valence-electron chi connectivity index (χ4n) is 2.54. The van der Waals surface area contributed by atoms with Crippen molar-refractivity contribution in [3.8, 4) is 0 Å². The minimum atomic E-state index is 0.558. The Morgan fingerprint density at radius 3 is 2.26 bits per heavy atom. The minimum Gasteiger partial charge on any atom is -0.354 e. The summed E-state index contributed by atoms with van der Waals surface area (Å²) in [7, 11) is 0. The van der Waals surface area contributed by atoms with E-state index in [0.717, 1.165) is 30.9 Å². The normalized spacial score (nSPS) is 10.9. The van der Waals surface area contributed by atoms with Crippen LogP contribution in [0.1, 0.15) is 44.5 Å². The Bertz CT molecular complexity index is 628. The zero-order valence-electron chi connectivity index (χ0n) is 14.9. The van der Waals surface area contributed by atoms with Crippen molar-refractivity contribution in [3.05, 3.63) is 41.1 Å². The van der Waals surface area contributed by atoms with E-state index in [-0.39, 0.29) is 0 Å². The third-order valence-corrected chi connectivity index (χ3v) is 3.77. The second kappa shape index (κ2) is 7.95. The van der Waals surface area contributed by atoms with Crippen molar-refractivity contribution in [1.29, 1.82) is 0 Å². The monoisotopic (exact) mass is 312 g/mol. The number of aryl methyl sites for hydroxylation is 3. The second-order valence-corrected chi connectivity index (χ2v) is 6.28. The summed E-state index contributed by atoms with van der Waals surface area (Å²) in [6, 6.07) is 8.47. The first-order valence-corrected chi connectivity index (χ1v) is 8.50. The predicted octanol–water partition coefficient (Wildman–Crippen LogP) is 4.72. The van der Waals surface area contributed by atoms with Crippen LogP contribution in [0.4, 0.5) is 17.5 Å². The van der Waals surface area contributed by atoms with Crippen LogP contribution in [0.25, 0.3) is 0 Å². The largest absolute Gasteiger partial charge is 0.354 e. The van der Waals surface area contributed by atoms with E-state index in [2.05, 4.69) is 66.5 Å². The van der Waals surface area contributed by atoms with Gasteiger partial charge in [0.25, 0.3) is 0 Å². The van der Waals surface area contributed by atoms with Gasteiger partial charge in [0.1, 0.15) is 5.82 Å². The van der Waals surface area contributed by atoms with E-state index in [1.165, 1.54) is 16.8 Å². The van der Waals surface area contributed by atoms with Gasteiger partial charge in [-0.3, -0.25) is 0 Å². The van der Waals surface area contributed by atoms with Crippen molar-refractivity contribution in [2.75, 3.05) is 17.2 Å². The van der Waals surface area contributed by atoms with Crippen LogP contribution in [0.15, 0.2) is 24.3 Å². The highest BCUT2D eigenvalue weighted by Crippen LogP contribution is 2.26. The highest BCUT2D eigenvalue weighted by atomic mass is 15.1. The van der Waals surface area contributed by atoms with Crippen LogP contribution in [-0.4, -0.2) is 16.5 Å². The van der Waals surface area contributed by atoms with Gasteiger partial charge in [-0.05, 0) is 36.8 Å². The molecular weight excluding hydrogens is 284 g/mol. The van der Waals surface area contributed by atoms with Crippen molar-refractivity contribution >= 4 is 17.5 Å². The third kappa shape index (κ3) is 4.68. The topological polar surface area (TPSA) is 49.8 Å². The first kappa shape index (κ1) is 17.3. The Morgan fingerprint density at radius 2 is 1.70 bits per heavy atom. The van der Waals surface area contributed by atoms with Crippen LogP contribution < -0.4 is 10.6 Å². The second-order valence-electron chi connectivity index (χ2n) is 6.28. The number of benzene rings is 1. The minimum absolute atomic E-state index is 0.558. The zero-order chi connectivity index (χ0) is 16.8. The van der Waals surface area contributed by atoms with Crippen molar-refractivity contribution in [1.82, 2.24) is 9.97 Å². The Balaban J connectivity index is 2.30. The molecule has 124 valence electrons. The fraction of sp³-hybridized carbons (Fsp3) is 0.474. The molecule has 0 saturated carbocycles. The summed E-state index contributed by atoms with van der Waals surface area (Å²) in [6.07, 6.45) is 2.00. The highest BCUT2D eigenvalue weighted by molar-refractivity contribution is 5.66. The number of nitrogens with zero attached hydrogens (tertiary/aromatic N) is 2. The maximum atomic E-state index is 4.62. The molecule has 4 heteroatoms. The summed E-state index contributed by atoms with van der Waals surface area (Å²) in [5, 5.41) is 6.83. The lowest BCUT2D eigenvalue weighted by molar-refractivity contribution is 0.684. The molecule has 4 nitrogen and oxygen atoms in total. The van der Waals surface area contributed by atoms with Crippen LogP contribution >= 0.6 is 0 Å². The Kier molecular flexibility index (Phi) is 5.97. The van der Waals surface area contributed by atoms with Gasteiger partial charge in [0.05, 0.1) is 0 Å². The van der Waals surface area contributed by atoms with Crippen molar-refractivity contribution in [2.45, 2.75) is 47.5 Å². The summed E-state index contributed by atoms with van der Waals surface area (Å²) < 4.78 is 0. The quantitative estimate of drug-likeness (QED) is 0.776. The van der Waals surface area contributed by atoms with Gasteiger partial charge in [-0.25, -0.2) is 4.98 Å². The van der Waals surface area contributed by atoms with Gasteiger partial charge in [-0.2, -0.15) is 4.98 Å². The Hall–Kier alpha value is -2.10. The molecule has 1 aromatic heterocycles. The van der Waals surface area contributed by atoms with Gasteiger partial charge in [-0.1, -0.05) is 45.9 Å². The molecule has 0 fully saturated rings. The third-order valence-electron chi connectivity index (χ3n) is 3.77. The standard InChI is InChI=1S/C19H28N4/c1-6-15-9-8-10-16(7-2)18(15)22-17-11-14(5)21-19(23-17)20-12-13(3)4/h8-11,13H,6-7,12H2,1-5H3,(H2,20,21,22,23). The van der Waals surface area contributed by atoms with Crippen molar-refractivity contribution < 1.29 is 0 Å². The van der Waals surface area contributed by atoms with Crippen LogP contribution in [0.5, 0.6) is 0 Å². The van der Waals surface area contributed by atoms with E-state index in [4.69, 9.17) is 0 Å². The number of anilines is 3. The molecule has 1 aromatic carbocycles. The average Bonchev–Trinajstić information content (AvgIpc) is 2.52. The molecule has 0 amide bonds. The molecule has 0 aliphatic carbocycles. The van der Waals surface area contributed by atoms with Crippen LogP contribution in [-0.2, 0) is 12.8 Å². The summed E-state index contributed by atoms with van der Waals surface area (Å²) in [4.78, 5) is 9.09. The molecular formula is C19H28N4. The molecule has 0 aliphatic rings. The molecule has 0 saturated heterocycles. The lowest BCUT2D eigenvalue weighted by atomic mass is 10.0. The van der Waals surface area contributed by atoms with E-state index in [0.29, 0.717) is 11.9 Å². The summed E-state index contributed by atoms with van der Waals surface area (Å²) in [5.74, 6) is 2.09. The Morgan fingerprint density at radius 1 is 1.04 bits per heavy atom. The van der Waals surface area contributed by atoms with Crippen molar-refractivity contribution in [2.24, 2.45) is 5.92 Å². The molecule has 0 atom stereocenters. The molecule has 1 heterocycles. The molecule has 0 aliphatic heterocycles. The molecule has 0 spiro atoms. The van der Waals surface area contributed by atoms with Gasteiger partial charge in [0, 0.05) is 24.0 Å². The van der Waals surface area contributed by atoms with Gasteiger partial charge in [0.2, 0.25) is 5.95 Å². The van der Waals surface area contributed by atoms with E-state index >= 15 is 0 Å². The SMILES string of the molecule is CCc1cccc(CC)c1Nc1cc(C)nc(NCC(C)C)n1. The zero-order valence-corrected chi connectivity index (χ0v) is 14.9. The fourth-order valence-corrected chi connectivity index (χ4v) is 2.54. The highest BCUT2D eigenvalue weighted by Gasteiger charge is 2.09. The van der Waals surface area contributed by atoms with Crippen LogP contribution in [0.2, 0.25) is 0 Å². The maximum absolute atomic E-state index is 4.62. The molecule has 0 radical (unpaired) electrons. The first-order valence-electron chi connectivity index (χ1n) is 8.50. The maximum Gasteiger partial charge on any atom is 0.224 e. The molecule has 2 aromatic rings. The lowest BCUT2D eigenvalue weighted by Gasteiger charge is -2.16. The van der Waals surface area contributed by atoms with Gasteiger partial charge in [0.15, 0.2) is 0 Å². The van der Waals surface area contributed by atoms with Gasteiger partial charge >= 0.3 is 0 Å². The molecule has 2 rings (SSSR count). The number of nitrogens with one attached hydrogen (secondary N) is 2. The average molecular weight is 312 g/mol. The Labute approximate surface area is 139 Å². The number of hydrogen-bond donors (Lipinski definition) is 2. The molecule has 0 bridgehead atoms. The van der Waals surface area contributed by atoms with E-state index in [1.807, 2.05) is 13.0 Å². The number of aromatic nitrogens is 2. The molecule has 0 unspecified atom stereocenters. The number of para-hydroxylation sites is 1. The molecule has 2 N–H and O–H groups in total. The first-order chi connectivity index (χ1) is 11.0. The number of hydrogen-bond acceptors (Lipinski definition) is 4. The summed E-state index contributed by atoms with van der Waals surface area (Å²) in [6.45, 7) is 11.6. The van der Waals surface area contributed by atoms with Crippen LogP contribution in [0, 0.1) is 12.8 Å².